The first-order chi connectivity index (χ1) is 30.9. The molecular weight excluding hydrogens is 892 g/mol. The molecule has 0 spiro atoms. The molecule has 0 heterocycles. The van der Waals surface area contributed by atoms with Crippen LogP contribution in [0.2, 0.25) is 0 Å². The lowest BCUT2D eigenvalue weighted by atomic mass is 9.74. The average Bonchev–Trinajstić information content (AvgIpc) is 3.35. The van der Waals surface area contributed by atoms with Gasteiger partial charge in [-0.1, -0.05) is 240 Å². The first-order valence-electron chi connectivity index (χ1n) is 21.6. The summed E-state index contributed by atoms with van der Waals surface area (Å²) in [5.41, 5.74) is 18.4. The predicted molar refractivity (Wildman–Crippen MR) is 285 cm³/mol. The van der Waals surface area contributed by atoms with Crippen LogP contribution in [0.4, 0.5) is 0 Å². The van der Waals surface area contributed by atoms with Crippen molar-refractivity contribution in [3.8, 4) is 77.9 Å². The lowest BCUT2D eigenvalue weighted by molar-refractivity contribution is 1.50. The van der Waals surface area contributed by atoms with Crippen molar-refractivity contribution in [1.82, 2.24) is 0 Å². The van der Waals surface area contributed by atoms with Gasteiger partial charge in [-0.15, -0.1) is 0 Å². The van der Waals surface area contributed by atoms with Crippen LogP contribution in [-0.4, -0.2) is 0 Å². The smallest absolute Gasteiger partial charge is 0.0175 e. The van der Waals surface area contributed by atoms with Crippen molar-refractivity contribution in [2.24, 2.45) is 0 Å². The Kier molecular flexibility index (Phi) is 17.0. The molecule has 0 nitrogen and oxygen atoms in total. The minimum atomic E-state index is 1.03. The van der Waals surface area contributed by atoms with Crippen molar-refractivity contribution in [3.63, 3.8) is 0 Å². The van der Waals surface area contributed by atoms with Gasteiger partial charge in [0, 0.05) is 8.95 Å². The van der Waals surface area contributed by atoms with E-state index in [4.69, 9.17) is 0 Å². The predicted octanol–water partition coefficient (Wildman–Crippen LogP) is 19.6. The summed E-state index contributed by atoms with van der Waals surface area (Å²) < 4.78 is 2.07. The van der Waals surface area contributed by atoms with Crippen LogP contribution in [0.1, 0.15) is 40.2 Å². The van der Waals surface area contributed by atoms with E-state index >= 15 is 0 Å². The van der Waals surface area contributed by atoms with Gasteiger partial charge in [0.15, 0.2) is 0 Å². The highest BCUT2D eigenvalue weighted by molar-refractivity contribution is 9.10. The second-order valence-electron chi connectivity index (χ2n) is 14.5. The van der Waals surface area contributed by atoms with Gasteiger partial charge in [-0.25, -0.2) is 0 Å². The van der Waals surface area contributed by atoms with Gasteiger partial charge >= 0.3 is 0 Å². The number of rotatable bonds is 10. The molecule has 8 rings (SSSR count). The molecule has 0 atom stereocenters. The summed E-state index contributed by atoms with van der Waals surface area (Å²) in [6, 6.07) is 68.1. The topological polar surface area (TPSA) is 0 Å². The van der Waals surface area contributed by atoms with Gasteiger partial charge in [-0.3, -0.25) is 0 Å². The molecule has 2 heteroatoms. The fourth-order valence-corrected chi connectivity index (χ4v) is 8.27. The Labute approximate surface area is 393 Å². The Morgan fingerprint density at radius 2 is 0.714 bits per heavy atom. The maximum absolute atomic E-state index is 4.21. The van der Waals surface area contributed by atoms with Crippen LogP contribution in [0.3, 0.4) is 0 Å². The summed E-state index contributed by atoms with van der Waals surface area (Å²) in [4.78, 5) is 0. The molecule has 0 fully saturated rings. The minimum absolute atomic E-state index is 1.03. The van der Waals surface area contributed by atoms with E-state index in [0.717, 1.165) is 53.5 Å². The second kappa shape index (κ2) is 23.2. The first kappa shape index (κ1) is 46.2. The molecule has 0 bridgehead atoms. The van der Waals surface area contributed by atoms with Gasteiger partial charge in [0.25, 0.3) is 0 Å². The van der Waals surface area contributed by atoms with Crippen LogP contribution in [0, 0.1) is 0 Å². The van der Waals surface area contributed by atoms with Gasteiger partial charge in [0.05, 0.1) is 0 Å². The van der Waals surface area contributed by atoms with Crippen molar-refractivity contribution in [2.75, 3.05) is 0 Å². The lowest BCUT2D eigenvalue weighted by Crippen LogP contribution is -2.02. The largest absolute Gasteiger partial charge is 0.0984 e. The van der Waals surface area contributed by atoms with E-state index in [-0.39, 0.29) is 0 Å². The molecule has 0 amide bonds. The Morgan fingerprint density at radius 1 is 0.365 bits per heavy atom. The van der Waals surface area contributed by atoms with Crippen molar-refractivity contribution in [2.45, 2.75) is 34.6 Å². The van der Waals surface area contributed by atoms with E-state index in [1.165, 1.54) is 44.5 Å². The van der Waals surface area contributed by atoms with Gasteiger partial charge in [-0.05, 0) is 146 Å². The standard InChI is InChI=1S/C55H40Br2.C4H8.C2H6/c1-3-5-17-38(4-2)44-24-15-26-46(36-44)54-50(40-20-11-7-12-21-40)51(41-22-13-8-14-23-41)55(47-27-16-25-45(37-47)39-18-9-6-10-19-39)53(43-30-34-49(57)35-31-43)52(54)42-28-32-48(56)33-29-42;1-3-4-2;1-2/h3-37H,2H2,1H3;3-4H,1-2H3;1-2H3/b5-3-,38-17+;4-3-;. The fraction of sp³-hybridized carbons (Fsp3) is 0.0820. The van der Waals surface area contributed by atoms with Crippen LogP contribution < -0.4 is 0 Å². The average molecular weight is 947 g/mol. The minimum Gasteiger partial charge on any atom is -0.0984 e. The van der Waals surface area contributed by atoms with E-state index < -0.39 is 0 Å². The summed E-state index contributed by atoms with van der Waals surface area (Å²) in [6.07, 6.45) is 12.2. The van der Waals surface area contributed by atoms with Gasteiger partial charge in [-0.2, -0.15) is 0 Å². The summed E-state index contributed by atoms with van der Waals surface area (Å²) in [5.74, 6) is 0. The number of allylic oxidation sites excluding steroid dienone is 7. The second-order valence-corrected chi connectivity index (χ2v) is 16.4. The molecule has 0 aliphatic carbocycles. The zero-order chi connectivity index (χ0) is 44.6. The third-order valence-corrected chi connectivity index (χ3v) is 11.7. The highest BCUT2D eigenvalue weighted by atomic mass is 79.9. The molecule has 0 aliphatic rings. The number of halogens is 2. The van der Waals surface area contributed by atoms with Crippen molar-refractivity contribution in [1.29, 1.82) is 0 Å². The molecule has 0 aliphatic heterocycles. The molecule has 0 saturated carbocycles. The Hall–Kier alpha value is -6.32. The van der Waals surface area contributed by atoms with E-state index in [0.29, 0.717) is 0 Å². The Morgan fingerprint density at radius 3 is 1.13 bits per heavy atom. The molecule has 0 aromatic heterocycles. The van der Waals surface area contributed by atoms with Crippen LogP contribution in [-0.2, 0) is 0 Å². The zero-order valence-electron chi connectivity index (χ0n) is 36.8. The number of benzene rings is 8. The van der Waals surface area contributed by atoms with Crippen LogP contribution in [0.15, 0.2) is 240 Å². The third-order valence-electron chi connectivity index (χ3n) is 10.7. The van der Waals surface area contributed by atoms with Crippen molar-refractivity contribution >= 4 is 37.4 Å². The highest BCUT2D eigenvalue weighted by Gasteiger charge is 2.29. The van der Waals surface area contributed by atoms with Crippen molar-refractivity contribution < 1.29 is 0 Å². The normalized spacial score (nSPS) is 11.1. The van der Waals surface area contributed by atoms with E-state index in [1.54, 1.807) is 0 Å². The van der Waals surface area contributed by atoms with Gasteiger partial charge in [0.2, 0.25) is 0 Å². The number of hydrogen-bond acceptors (Lipinski definition) is 0. The first-order valence-corrected chi connectivity index (χ1v) is 23.2. The van der Waals surface area contributed by atoms with Gasteiger partial charge < -0.3 is 0 Å². The Balaban J connectivity index is 0.00000104. The molecule has 0 unspecified atom stereocenters. The Bertz CT molecular complexity index is 2810. The molecule has 63 heavy (non-hydrogen) atoms. The summed E-state index contributed by atoms with van der Waals surface area (Å²) in [6.45, 7) is 14.2. The van der Waals surface area contributed by atoms with E-state index in [9.17, 15) is 0 Å². The molecule has 8 aromatic rings. The molecule has 0 radical (unpaired) electrons. The number of hydrogen-bond donors (Lipinski definition) is 0. The van der Waals surface area contributed by atoms with Gasteiger partial charge in [0.1, 0.15) is 0 Å². The van der Waals surface area contributed by atoms with Crippen molar-refractivity contribution in [3.05, 3.63) is 246 Å². The molecule has 312 valence electrons. The third kappa shape index (κ3) is 11.0. The molecular formula is C61H54Br2. The summed E-state index contributed by atoms with van der Waals surface area (Å²) in [5, 5.41) is 0. The molecule has 0 N–H and O–H groups in total. The van der Waals surface area contributed by atoms with Crippen LogP contribution >= 0.6 is 31.9 Å². The van der Waals surface area contributed by atoms with E-state index in [1.807, 2.05) is 52.8 Å². The summed E-state index contributed by atoms with van der Waals surface area (Å²) >= 11 is 7.51. The maximum Gasteiger partial charge on any atom is 0.0175 e. The monoisotopic (exact) mass is 944 g/mol. The van der Waals surface area contributed by atoms with Crippen LogP contribution in [0.5, 0.6) is 0 Å². The molecule has 0 saturated heterocycles. The highest BCUT2D eigenvalue weighted by Crippen LogP contribution is 2.56. The van der Waals surface area contributed by atoms with Crippen LogP contribution in [0.25, 0.3) is 83.5 Å². The summed E-state index contributed by atoms with van der Waals surface area (Å²) in [7, 11) is 0. The zero-order valence-corrected chi connectivity index (χ0v) is 40.0. The fourth-order valence-electron chi connectivity index (χ4n) is 7.75. The SMILES string of the molecule is C/C=C\C.C=C/C(=C\C=C/C)c1cccc(-c2c(-c3ccccc3)c(-c3ccccc3)c(-c3cccc(-c4ccccc4)c3)c(-c3ccc(Br)cc3)c2-c2ccc(Br)cc2)c1.CC. The molecule has 8 aromatic carbocycles. The van der Waals surface area contributed by atoms with E-state index in [2.05, 4.69) is 245 Å². The maximum atomic E-state index is 4.21. The lowest BCUT2D eigenvalue weighted by Gasteiger charge is -2.29. The quantitative estimate of drug-likeness (QED) is 0.0947.